The third-order valence-electron chi connectivity index (χ3n) is 5.62. The molecule has 0 bridgehead atoms. The molecule has 34 heavy (non-hydrogen) atoms. The van der Waals surface area contributed by atoms with Gasteiger partial charge in [0.2, 0.25) is 5.91 Å². The summed E-state index contributed by atoms with van der Waals surface area (Å²) in [7, 11) is 0. The van der Waals surface area contributed by atoms with E-state index in [1.165, 1.54) is 0 Å². The lowest BCUT2D eigenvalue weighted by atomic mass is 10.1. The van der Waals surface area contributed by atoms with E-state index in [-0.39, 0.29) is 23.6 Å². The zero-order chi connectivity index (χ0) is 23.8. The van der Waals surface area contributed by atoms with Crippen LogP contribution in [-0.4, -0.2) is 41.7 Å². The fraction of sp³-hybridized carbons (Fsp3) is 0.120. The zero-order valence-corrected chi connectivity index (χ0v) is 18.5. The number of hydrogen-bond acceptors (Lipinski definition) is 5. The molecule has 0 unspecified atom stereocenters. The topological polar surface area (TPSA) is 96.0 Å². The molecule has 0 spiro atoms. The normalized spacial score (nSPS) is 14.6. The molecule has 0 radical (unpaired) electrons. The second-order valence-corrected chi connectivity index (χ2v) is 8.30. The molecule has 2 aliphatic heterocycles. The van der Waals surface area contributed by atoms with Crippen LogP contribution in [0.5, 0.6) is 5.75 Å². The highest BCUT2D eigenvalue weighted by Crippen LogP contribution is 2.35. The van der Waals surface area contributed by atoms with E-state index in [1.807, 2.05) is 12.1 Å². The van der Waals surface area contributed by atoms with Gasteiger partial charge in [-0.1, -0.05) is 35.9 Å². The van der Waals surface area contributed by atoms with Crippen molar-refractivity contribution in [2.75, 3.05) is 23.4 Å². The Morgan fingerprint density at radius 1 is 0.912 bits per heavy atom. The van der Waals surface area contributed by atoms with E-state index >= 15 is 0 Å². The maximum atomic E-state index is 12.7. The molecule has 0 saturated heterocycles. The predicted molar refractivity (Wildman–Crippen MR) is 125 cm³/mol. The fourth-order valence-electron chi connectivity index (χ4n) is 3.95. The quantitative estimate of drug-likeness (QED) is 0.570. The van der Waals surface area contributed by atoms with Gasteiger partial charge in [0.15, 0.2) is 6.61 Å². The number of amides is 4. The lowest BCUT2D eigenvalue weighted by molar-refractivity contribution is -0.121. The Kier molecular flexibility index (Phi) is 5.51. The van der Waals surface area contributed by atoms with E-state index in [0.29, 0.717) is 28.7 Å². The van der Waals surface area contributed by atoms with Crippen LogP contribution in [0.4, 0.5) is 11.4 Å². The Hall–Kier alpha value is -4.17. The maximum Gasteiger partial charge on any atom is 0.265 e. The Morgan fingerprint density at radius 3 is 2.26 bits per heavy atom. The van der Waals surface area contributed by atoms with Crippen molar-refractivity contribution in [3.63, 3.8) is 0 Å². The van der Waals surface area contributed by atoms with Crippen LogP contribution in [0.1, 0.15) is 26.3 Å². The van der Waals surface area contributed by atoms with Crippen LogP contribution in [0.25, 0.3) is 0 Å². The number of fused-ring (bicyclic) bond motifs is 2. The molecule has 8 nitrogen and oxygen atoms in total. The van der Waals surface area contributed by atoms with Crippen molar-refractivity contribution in [3.05, 3.63) is 88.4 Å². The van der Waals surface area contributed by atoms with Crippen molar-refractivity contribution >= 4 is 46.6 Å². The van der Waals surface area contributed by atoms with Gasteiger partial charge < -0.3 is 15.0 Å². The van der Waals surface area contributed by atoms with Crippen molar-refractivity contribution in [2.45, 2.75) is 6.54 Å². The highest BCUT2D eigenvalue weighted by atomic mass is 35.5. The number of nitrogens with one attached hydrogen (secondary N) is 1. The van der Waals surface area contributed by atoms with Gasteiger partial charge in [-0.3, -0.25) is 24.1 Å². The van der Waals surface area contributed by atoms with Crippen molar-refractivity contribution in [2.24, 2.45) is 0 Å². The molecule has 0 fully saturated rings. The summed E-state index contributed by atoms with van der Waals surface area (Å²) in [6.45, 7) is -0.210. The molecular weight excluding hydrogens is 458 g/mol. The standard InChI is InChI=1S/C25H18ClN3O5/c26-16-7-5-15(6-8-16)12-28-20-11-17(9-10-21(20)34-14-23(28)31)27-22(30)13-29-24(32)18-3-1-2-4-19(18)25(29)33/h1-11H,12-14H2,(H,27,30). The number of benzene rings is 3. The first-order valence-corrected chi connectivity index (χ1v) is 10.9. The second kappa shape index (κ2) is 8.64. The van der Waals surface area contributed by atoms with Crippen LogP contribution >= 0.6 is 11.6 Å². The molecule has 0 aromatic heterocycles. The number of ether oxygens (including phenoxy) is 1. The highest BCUT2D eigenvalue weighted by molar-refractivity contribution is 6.30. The molecule has 9 heteroatoms. The third-order valence-corrected chi connectivity index (χ3v) is 5.87. The molecule has 0 aliphatic carbocycles. The average molecular weight is 476 g/mol. The van der Waals surface area contributed by atoms with E-state index < -0.39 is 24.3 Å². The molecule has 5 rings (SSSR count). The number of anilines is 2. The van der Waals surface area contributed by atoms with Crippen LogP contribution < -0.4 is 15.0 Å². The highest BCUT2D eigenvalue weighted by Gasteiger charge is 2.36. The number of carbonyl (C=O) groups excluding carboxylic acids is 4. The molecular formula is C25H18ClN3O5. The molecule has 2 aliphatic rings. The molecule has 3 aromatic carbocycles. The Balaban J connectivity index is 1.33. The molecule has 2 heterocycles. The molecule has 1 N–H and O–H groups in total. The minimum Gasteiger partial charge on any atom is -0.482 e. The number of imide groups is 1. The molecule has 0 atom stereocenters. The summed E-state index contributed by atoms with van der Waals surface area (Å²) < 4.78 is 5.53. The molecule has 170 valence electrons. The second-order valence-electron chi connectivity index (χ2n) is 7.87. The van der Waals surface area contributed by atoms with Gasteiger partial charge in [-0.05, 0) is 48.0 Å². The van der Waals surface area contributed by atoms with Gasteiger partial charge in [0.05, 0.1) is 23.4 Å². The van der Waals surface area contributed by atoms with E-state index in [1.54, 1.807) is 59.5 Å². The minimum absolute atomic E-state index is 0.0912. The van der Waals surface area contributed by atoms with Gasteiger partial charge in [0.1, 0.15) is 12.3 Å². The predicted octanol–water partition coefficient (Wildman–Crippen LogP) is 3.50. The monoisotopic (exact) mass is 475 g/mol. The lowest BCUT2D eigenvalue weighted by Crippen LogP contribution is -2.38. The third kappa shape index (κ3) is 3.99. The first-order chi connectivity index (χ1) is 16.4. The van der Waals surface area contributed by atoms with E-state index in [0.717, 1.165) is 10.5 Å². The first kappa shape index (κ1) is 21.7. The van der Waals surface area contributed by atoms with Crippen LogP contribution in [0.15, 0.2) is 66.7 Å². The van der Waals surface area contributed by atoms with Gasteiger partial charge in [-0.2, -0.15) is 0 Å². The summed E-state index contributed by atoms with van der Waals surface area (Å²) in [5.74, 6) is -1.27. The zero-order valence-electron chi connectivity index (χ0n) is 17.8. The van der Waals surface area contributed by atoms with E-state index in [9.17, 15) is 19.2 Å². The molecule has 4 amide bonds. The molecule has 3 aromatic rings. The smallest absolute Gasteiger partial charge is 0.265 e. The number of nitrogens with zero attached hydrogens (tertiary/aromatic N) is 2. The van der Waals surface area contributed by atoms with Gasteiger partial charge in [0, 0.05) is 10.7 Å². The van der Waals surface area contributed by atoms with E-state index in [2.05, 4.69) is 5.32 Å². The van der Waals surface area contributed by atoms with Crippen LogP contribution in [0, 0.1) is 0 Å². The van der Waals surface area contributed by atoms with Crippen molar-refractivity contribution in [3.8, 4) is 5.75 Å². The number of halogens is 1. The van der Waals surface area contributed by atoms with Crippen molar-refractivity contribution in [1.29, 1.82) is 0 Å². The van der Waals surface area contributed by atoms with Crippen LogP contribution in [0.3, 0.4) is 0 Å². The lowest BCUT2D eigenvalue weighted by Gasteiger charge is -2.30. The van der Waals surface area contributed by atoms with Crippen LogP contribution in [0.2, 0.25) is 5.02 Å². The summed E-state index contributed by atoms with van der Waals surface area (Å²) in [5, 5.41) is 3.30. The summed E-state index contributed by atoms with van der Waals surface area (Å²) in [5.41, 5.74) is 2.35. The van der Waals surface area contributed by atoms with Gasteiger partial charge in [-0.15, -0.1) is 0 Å². The first-order valence-electron chi connectivity index (χ1n) is 10.5. The van der Waals surface area contributed by atoms with Gasteiger partial charge in [-0.25, -0.2) is 0 Å². The summed E-state index contributed by atoms with van der Waals surface area (Å²) in [6.07, 6.45) is 0. The van der Waals surface area contributed by atoms with Crippen molar-refractivity contribution < 1.29 is 23.9 Å². The summed E-state index contributed by atoms with van der Waals surface area (Å²) >= 11 is 5.95. The number of carbonyl (C=O) groups is 4. The number of rotatable bonds is 5. The maximum absolute atomic E-state index is 12.7. The average Bonchev–Trinajstić information content (AvgIpc) is 3.07. The summed E-state index contributed by atoms with van der Waals surface area (Å²) in [4.78, 5) is 52.8. The molecule has 0 saturated carbocycles. The Bertz CT molecular complexity index is 1300. The van der Waals surface area contributed by atoms with Crippen LogP contribution in [-0.2, 0) is 16.1 Å². The SMILES string of the molecule is O=C(CN1C(=O)c2ccccc2C1=O)Nc1ccc2c(c1)N(Cc1ccc(Cl)cc1)C(=O)CO2. The van der Waals surface area contributed by atoms with Crippen molar-refractivity contribution in [1.82, 2.24) is 4.90 Å². The van der Waals surface area contributed by atoms with Gasteiger partial charge >= 0.3 is 0 Å². The van der Waals surface area contributed by atoms with E-state index in [4.69, 9.17) is 16.3 Å². The van der Waals surface area contributed by atoms with Gasteiger partial charge in [0.25, 0.3) is 17.7 Å². The minimum atomic E-state index is -0.540. The number of hydrogen-bond donors (Lipinski definition) is 1. The Labute approximate surface area is 199 Å². The summed E-state index contributed by atoms with van der Waals surface area (Å²) in [6, 6.07) is 18.5. The largest absolute Gasteiger partial charge is 0.482 e. The Morgan fingerprint density at radius 2 is 1.59 bits per heavy atom. The fourth-order valence-corrected chi connectivity index (χ4v) is 4.08.